The van der Waals surface area contributed by atoms with Crippen molar-refractivity contribution >= 4 is 5.97 Å². The van der Waals surface area contributed by atoms with Crippen LogP contribution in [0.2, 0.25) is 0 Å². The highest BCUT2D eigenvalue weighted by atomic mass is 16.4. The van der Waals surface area contributed by atoms with Crippen LogP contribution in [0, 0.1) is 5.92 Å². The van der Waals surface area contributed by atoms with Gasteiger partial charge in [0.15, 0.2) is 0 Å². The molecule has 9 heavy (non-hydrogen) atoms. The van der Waals surface area contributed by atoms with E-state index in [4.69, 9.17) is 10.2 Å². The van der Waals surface area contributed by atoms with Crippen LogP contribution in [-0.4, -0.2) is 36.4 Å². The largest absolute Gasteiger partial charge is 0.481 e. The fourth-order valence-corrected chi connectivity index (χ4v) is 0.476. The smallest absolute Gasteiger partial charge is 0.310 e. The van der Waals surface area contributed by atoms with Gasteiger partial charge in [-0.25, -0.2) is 0 Å². The summed E-state index contributed by atoms with van der Waals surface area (Å²) in [6, 6.07) is 0. The molecule has 4 heteroatoms. The Hall–Kier alpha value is -0.610. The average Bonchev–Trinajstić information content (AvgIpc) is 1.82. The normalized spacial score (nSPS) is 13.1. The van der Waals surface area contributed by atoms with Gasteiger partial charge in [-0.3, -0.25) is 4.79 Å². The Morgan fingerprint density at radius 1 is 1.78 bits per heavy atom. The predicted octanol–water partition coefficient (Wildman–Crippen LogP) is -1.10. The topological polar surface area (TPSA) is 69.6 Å². The molecule has 3 N–H and O–H groups in total. The van der Waals surface area contributed by atoms with Crippen molar-refractivity contribution in [2.24, 2.45) is 5.92 Å². The van der Waals surface area contributed by atoms with Gasteiger partial charge in [0.25, 0.3) is 0 Å². The molecule has 0 bridgehead atoms. The molecular weight excluding hydrogens is 122 g/mol. The Bertz CT molecular complexity index is 94.2. The van der Waals surface area contributed by atoms with Crippen molar-refractivity contribution < 1.29 is 15.0 Å². The Balaban J connectivity index is 3.54. The van der Waals surface area contributed by atoms with Gasteiger partial charge in [-0.05, 0) is 7.05 Å². The lowest BCUT2D eigenvalue weighted by Gasteiger charge is -2.05. The molecular formula is C5H11NO3. The molecule has 0 spiro atoms. The maximum Gasteiger partial charge on any atom is 0.310 e. The number of hydrogen-bond donors (Lipinski definition) is 3. The van der Waals surface area contributed by atoms with Gasteiger partial charge in [-0.1, -0.05) is 0 Å². The number of hydrogen-bond acceptors (Lipinski definition) is 3. The number of aliphatic hydroxyl groups is 1. The van der Waals surface area contributed by atoms with Gasteiger partial charge in [0.05, 0.1) is 12.5 Å². The van der Waals surface area contributed by atoms with E-state index in [-0.39, 0.29) is 6.61 Å². The van der Waals surface area contributed by atoms with Gasteiger partial charge in [-0.2, -0.15) is 0 Å². The zero-order chi connectivity index (χ0) is 7.28. The second-order valence-corrected chi connectivity index (χ2v) is 1.78. The van der Waals surface area contributed by atoms with Crippen LogP contribution in [0.25, 0.3) is 0 Å². The van der Waals surface area contributed by atoms with Crippen molar-refractivity contribution in [3.8, 4) is 0 Å². The van der Waals surface area contributed by atoms with Crippen LogP contribution in [0.15, 0.2) is 0 Å². The molecule has 0 heterocycles. The Morgan fingerprint density at radius 2 is 2.33 bits per heavy atom. The minimum absolute atomic E-state index is 0.309. The summed E-state index contributed by atoms with van der Waals surface area (Å²) in [5.74, 6) is -1.64. The van der Waals surface area contributed by atoms with Crippen LogP contribution in [0.5, 0.6) is 0 Å². The molecule has 0 saturated heterocycles. The number of aliphatic hydroxyl groups excluding tert-OH is 1. The third-order valence-electron chi connectivity index (χ3n) is 1.02. The van der Waals surface area contributed by atoms with Crippen LogP contribution < -0.4 is 5.32 Å². The highest BCUT2D eigenvalue weighted by Gasteiger charge is 2.13. The standard InChI is InChI=1S/C5H11NO3/c1-6-2-4(3-7)5(8)9/h4,6-7H,2-3H2,1H3,(H,8,9)/t4-/m0/s1. The third-order valence-corrected chi connectivity index (χ3v) is 1.02. The van der Waals surface area contributed by atoms with Gasteiger partial charge in [0.1, 0.15) is 0 Å². The minimum atomic E-state index is -0.966. The maximum absolute atomic E-state index is 10.1. The summed E-state index contributed by atoms with van der Waals surface area (Å²) in [6.45, 7) is 0.00199. The molecule has 54 valence electrons. The molecule has 0 amide bonds. The number of aliphatic carboxylic acids is 1. The van der Waals surface area contributed by atoms with Crippen LogP contribution in [0.3, 0.4) is 0 Å². The first kappa shape index (κ1) is 8.39. The summed E-state index contributed by atoms with van der Waals surface area (Å²) < 4.78 is 0. The van der Waals surface area contributed by atoms with E-state index in [1.165, 1.54) is 0 Å². The van der Waals surface area contributed by atoms with E-state index >= 15 is 0 Å². The summed E-state index contributed by atoms with van der Waals surface area (Å²) >= 11 is 0. The van der Waals surface area contributed by atoms with Crippen molar-refractivity contribution in [2.75, 3.05) is 20.2 Å². The number of carboxylic acids is 1. The summed E-state index contributed by atoms with van der Waals surface area (Å²) in [5.41, 5.74) is 0. The molecule has 0 aromatic rings. The van der Waals surface area contributed by atoms with E-state index in [0.717, 1.165) is 0 Å². The number of rotatable bonds is 4. The number of carboxylic acid groups (broad SMARTS) is 1. The molecule has 0 aliphatic carbocycles. The van der Waals surface area contributed by atoms with E-state index in [2.05, 4.69) is 5.32 Å². The van der Waals surface area contributed by atoms with Crippen molar-refractivity contribution in [1.82, 2.24) is 5.32 Å². The van der Waals surface area contributed by atoms with Crippen LogP contribution in [0.1, 0.15) is 0 Å². The molecule has 0 radical (unpaired) electrons. The molecule has 0 aromatic carbocycles. The first-order valence-corrected chi connectivity index (χ1v) is 2.70. The SMILES string of the molecule is CNC[C@@H](CO)C(=O)O. The van der Waals surface area contributed by atoms with Gasteiger partial charge >= 0.3 is 5.97 Å². The molecule has 0 aliphatic heterocycles. The van der Waals surface area contributed by atoms with Crippen molar-refractivity contribution in [3.63, 3.8) is 0 Å². The van der Waals surface area contributed by atoms with Gasteiger partial charge in [0, 0.05) is 6.54 Å². The van der Waals surface area contributed by atoms with Crippen LogP contribution in [-0.2, 0) is 4.79 Å². The van der Waals surface area contributed by atoms with Crippen LogP contribution >= 0.6 is 0 Å². The lowest BCUT2D eigenvalue weighted by Crippen LogP contribution is -2.28. The summed E-state index contributed by atoms with van der Waals surface area (Å²) in [6.07, 6.45) is 0. The van der Waals surface area contributed by atoms with E-state index in [1.54, 1.807) is 7.05 Å². The molecule has 0 aromatic heterocycles. The lowest BCUT2D eigenvalue weighted by atomic mass is 10.2. The number of carbonyl (C=O) groups is 1. The van der Waals surface area contributed by atoms with Crippen molar-refractivity contribution in [1.29, 1.82) is 0 Å². The Kier molecular flexibility index (Phi) is 4.00. The van der Waals surface area contributed by atoms with Gasteiger partial charge < -0.3 is 15.5 Å². The van der Waals surface area contributed by atoms with E-state index < -0.39 is 11.9 Å². The number of nitrogens with one attached hydrogen (secondary N) is 1. The first-order valence-electron chi connectivity index (χ1n) is 2.70. The minimum Gasteiger partial charge on any atom is -0.481 e. The van der Waals surface area contributed by atoms with Gasteiger partial charge in [-0.15, -0.1) is 0 Å². The molecule has 4 nitrogen and oxygen atoms in total. The molecule has 0 rings (SSSR count). The average molecular weight is 133 g/mol. The summed E-state index contributed by atoms with van der Waals surface area (Å²) in [7, 11) is 1.64. The predicted molar refractivity (Wildman–Crippen MR) is 32.1 cm³/mol. The van der Waals surface area contributed by atoms with E-state index in [9.17, 15) is 4.79 Å². The molecule has 0 unspecified atom stereocenters. The summed E-state index contributed by atoms with van der Waals surface area (Å²) in [4.78, 5) is 10.1. The fraction of sp³-hybridized carbons (Fsp3) is 0.800. The monoisotopic (exact) mass is 133 g/mol. The highest BCUT2D eigenvalue weighted by molar-refractivity contribution is 5.70. The summed E-state index contributed by atoms with van der Waals surface area (Å²) in [5, 5.41) is 19.4. The van der Waals surface area contributed by atoms with E-state index in [0.29, 0.717) is 6.54 Å². The molecule has 1 atom stereocenters. The van der Waals surface area contributed by atoms with Crippen molar-refractivity contribution in [2.45, 2.75) is 0 Å². The van der Waals surface area contributed by atoms with Crippen molar-refractivity contribution in [3.05, 3.63) is 0 Å². The highest BCUT2D eigenvalue weighted by Crippen LogP contribution is 1.90. The fourth-order valence-electron chi connectivity index (χ4n) is 0.476. The molecule has 0 aliphatic rings. The van der Waals surface area contributed by atoms with E-state index in [1.807, 2.05) is 0 Å². The maximum atomic E-state index is 10.1. The lowest BCUT2D eigenvalue weighted by molar-refractivity contribution is -0.142. The quantitative estimate of drug-likeness (QED) is 0.455. The van der Waals surface area contributed by atoms with Crippen LogP contribution in [0.4, 0.5) is 0 Å². The van der Waals surface area contributed by atoms with Gasteiger partial charge in [0.2, 0.25) is 0 Å². The molecule has 0 fully saturated rings. The third kappa shape index (κ3) is 3.05. The first-order chi connectivity index (χ1) is 4.22. The zero-order valence-corrected chi connectivity index (χ0v) is 5.29. The second-order valence-electron chi connectivity index (χ2n) is 1.78. The second kappa shape index (κ2) is 4.29. The zero-order valence-electron chi connectivity index (χ0n) is 5.29. The molecule has 0 saturated carbocycles. The Morgan fingerprint density at radius 3 is 2.44 bits per heavy atom. The Labute approximate surface area is 53.5 Å².